The minimum Gasteiger partial charge on any atom is -0.491 e. The van der Waals surface area contributed by atoms with Crippen LogP contribution in [0.25, 0.3) is 0 Å². The van der Waals surface area contributed by atoms with Crippen molar-refractivity contribution < 1.29 is 17.9 Å². The molecule has 0 aliphatic carbocycles. The first-order chi connectivity index (χ1) is 10.4. The van der Waals surface area contributed by atoms with Gasteiger partial charge in [-0.05, 0) is 25.5 Å². The van der Waals surface area contributed by atoms with Gasteiger partial charge in [-0.3, -0.25) is 4.99 Å². The molecule has 132 valence electrons. The number of nitrogens with zero attached hydrogens (tertiary/aromatic N) is 1. The Morgan fingerprint density at radius 2 is 1.91 bits per heavy atom. The minimum atomic E-state index is -4.19. The molecule has 0 aliphatic heterocycles. The number of aliphatic imine (C=N–C) groups is 1. The quantitative estimate of drug-likeness (QED) is 0.293. The molecule has 4 nitrogen and oxygen atoms in total. The fourth-order valence-corrected chi connectivity index (χ4v) is 1.69. The maximum atomic E-state index is 12.1. The lowest BCUT2D eigenvalue weighted by atomic mass is 10.2. The topological polar surface area (TPSA) is 45.7 Å². The van der Waals surface area contributed by atoms with Crippen LogP contribution in [0.3, 0.4) is 0 Å². The summed E-state index contributed by atoms with van der Waals surface area (Å²) in [5.74, 6) is 1.16. The molecule has 1 aromatic rings. The van der Waals surface area contributed by atoms with E-state index in [1.807, 2.05) is 38.1 Å². The molecular formula is C15H23F3IN3O. The average molecular weight is 445 g/mol. The highest BCUT2D eigenvalue weighted by Gasteiger charge is 2.26. The molecule has 2 N–H and O–H groups in total. The summed E-state index contributed by atoms with van der Waals surface area (Å²) in [6.45, 7) is 4.94. The number of nitrogens with one attached hydrogen (secondary N) is 2. The molecule has 8 heteroatoms. The smallest absolute Gasteiger partial charge is 0.390 e. The van der Waals surface area contributed by atoms with Gasteiger partial charge in [0.15, 0.2) is 5.96 Å². The zero-order valence-electron chi connectivity index (χ0n) is 13.2. The summed E-state index contributed by atoms with van der Waals surface area (Å²) in [6.07, 6.45) is -5.11. The Hall–Kier alpha value is -1.19. The molecule has 0 bridgehead atoms. The standard InChI is InChI=1S/C15H22F3N3O.HI/c1-3-19-14(20-9-8-15(16,17)18)21-10-11-22-13-7-5-4-6-12(13)2;/h4-7H,3,8-11H2,1-2H3,(H2,19,20,21);1H. The van der Waals surface area contributed by atoms with Gasteiger partial charge in [-0.25, -0.2) is 0 Å². The van der Waals surface area contributed by atoms with E-state index in [1.165, 1.54) is 0 Å². The maximum Gasteiger partial charge on any atom is 0.390 e. The molecule has 0 unspecified atom stereocenters. The normalized spacial score (nSPS) is 11.6. The zero-order chi connectivity index (χ0) is 16.4. The van der Waals surface area contributed by atoms with E-state index < -0.39 is 12.6 Å². The molecule has 0 saturated heterocycles. The van der Waals surface area contributed by atoms with Gasteiger partial charge in [-0.2, -0.15) is 13.2 Å². The highest BCUT2D eigenvalue weighted by molar-refractivity contribution is 14.0. The van der Waals surface area contributed by atoms with Crippen LogP contribution in [0.1, 0.15) is 18.9 Å². The van der Waals surface area contributed by atoms with E-state index in [4.69, 9.17) is 4.74 Å². The van der Waals surface area contributed by atoms with Gasteiger partial charge in [-0.1, -0.05) is 18.2 Å². The molecule has 0 aromatic heterocycles. The summed E-state index contributed by atoms with van der Waals surface area (Å²) in [5, 5.41) is 5.84. The van der Waals surface area contributed by atoms with Crippen molar-refractivity contribution in [3.63, 3.8) is 0 Å². The van der Waals surface area contributed by atoms with Gasteiger partial charge in [0.1, 0.15) is 12.4 Å². The van der Waals surface area contributed by atoms with Crippen molar-refractivity contribution in [3.05, 3.63) is 29.8 Å². The van der Waals surface area contributed by atoms with Crippen LogP contribution in [-0.2, 0) is 0 Å². The van der Waals surface area contributed by atoms with Crippen LogP contribution < -0.4 is 15.4 Å². The van der Waals surface area contributed by atoms with Gasteiger partial charge in [0.05, 0.1) is 19.5 Å². The molecule has 0 saturated carbocycles. The van der Waals surface area contributed by atoms with Crippen molar-refractivity contribution in [3.8, 4) is 5.75 Å². The maximum absolute atomic E-state index is 12.1. The summed E-state index contributed by atoms with van der Waals surface area (Å²) in [5.41, 5.74) is 1.04. The van der Waals surface area contributed by atoms with Gasteiger partial charge in [-0.15, -0.1) is 24.0 Å². The second-order valence-corrected chi connectivity index (χ2v) is 4.67. The van der Waals surface area contributed by atoms with E-state index in [2.05, 4.69) is 15.6 Å². The molecule has 1 aromatic carbocycles. The van der Waals surface area contributed by atoms with Crippen LogP contribution in [0.4, 0.5) is 13.2 Å². The molecule has 0 fully saturated rings. The molecular weight excluding hydrogens is 422 g/mol. The third-order valence-corrected chi connectivity index (χ3v) is 2.76. The lowest BCUT2D eigenvalue weighted by Crippen LogP contribution is -2.39. The van der Waals surface area contributed by atoms with E-state index in [9.17, 15) is 13.2 Å². The average Bonchev–Trinajstić information content (AvgIpc) is 2.44. The number of rotatable bonds is 7. The Balaban J connectivity index is 0.00000484. The molecule has 23 heavy (non-hydrogen) atoms. The third kappa shape index (κ3) is 10.2. The molecule has 0 aliphatic rings. The lowest BCUT2D eigenvalue weighted by Gasteiger charge is -2.13. The van der Waals surface area contributed by atoms with E-state index >= 15 is 0 Å². The van der Waals surface area contributed by atoms with Gasteiger partial charge in [0.25, 0.3) is 0 Å². The van der Waals surface area contributed by atoms with Crippen LogP contribution >= 0.6 is 24.0 Å². The van der Waals surface area contributed by atoms with E-state index in [-0.39, 0.29) is 30.5 Å². The Labute approximate surface area is 151 Å². The summed E-state index contributed by atoms with van der Waals surface area (Å²) < 4.78 is 41.9. The Morgan fingerprint density at radius 3 is 2.52 bits per heavy atom. The SMILES string of the molecule is CCNC(=NCCC(F)(F)F)NCCOc1ccccc1C.I. The lowest BCUT2D eigenvalue weighted by molar-refractivity contribution is -0.132. The second kappa shape index (κ2) is 11.4. The molecule has 0 spiro atoms. The zero-order valence-corrected chi connectivity index (χ0v) is 15.6. The summed E-state index contributed by atoms with van der Waals surface area (Å²) in [4.78, 5) is 3.88. The number of halogens is 4. The highest BCUT2D eigenvalue weighted by atomic mass is 127. The van der Waals surface area contributed by atoms with Crippen LogP contribution in [0.15, 0.2) is 29.3 Å². The van der Waals surface area contributed by atoms with E-state index in [0.717, 1.165) is 11.3 Å². The molecule has 0 amide bonds. The second-order valence-electron chi connectivity index (χ2n) is 4.67. The van der Waals surface area contributed by atoms with Crippen LogP contribution in [0.5, 0.6) is 5.75 Å². The number of hydrogen-bond acceptors (Lipinski definition) is 2. The highest BCUT2D eigenvalue weighted by Crippen LogP contribution is 2.18. The molecule has 0 heterocycles. The van der Waals surface area contributed by atoms with Gasteiger partial charge in [0.2, 0.25) is 0 Å². The van der Waals surface area contributed by atoms with Crippen LogP contribution in [-0.4, -0.2) is 38.4 Å². The first kappa shape index (κ1) is 21.8. The van der Waals surface area contributed by atoms with Crippen molar-refractivity contribution in [2.45, 2.75) is 26.4 Å². The predicted molar refractivity (Wildman–Crippen MR) is 96.7 cm³/mol. The number of alkyl halides is 3. The van der Waals surface area contributed by atoms with E-state index in [1.54, 1.807) is 0 Å². The van der Waals surface area contributed by atoms with Crippen molar-refractivity contribution in [1.29, 1.82) is 0 Å². The van der Waals surface area contributed by atoms with Crippen molar-refractivity contribution in [2.24, 2.45) is 4.99 Å². The van der Waals surface area contributed by atoms with Crippen LogP contribution in [0.2, 0.25) is 0 Å². The monoisotopic (exact) mass is 445 g/mol. The van der Waals surface area contributed by atoms with E-state index in [0.29, 0.717) is 25.7 Å². The summed E-state index contributed by atoms with van der Waals surface area (Å²) in [7, 11) is 0. The number of guanidine groups is 1. The third-order valence-electron chi connectivity index (χ3n) is 2.76. The predicted octanol–water partition coefficient (Wildman–Crippen LogP) is 3.50. The molecule has 0 radical (unpaired) electrons. The van der Waals surface area contributed by atoms with Gasteiger partial charge < -0.3 is 15.4 Å². The van der Waals surface area contributed by atoms with Crippen molar-refractivity contribution in [2.75, 3.05) is 26.2 Å². The number of hydrogen-bond donors (Lipinski definition) is 2. The number of ether oxygens (including phenoxy) is 1. The fraction of sp³-hybridized carbons (Fsp3) is 0.533. The fourth-order valence-electron chi connectivity index (χ4n) is 1.69. The van der Waals surface area contributed by atoms with Crippen LogP contribution in [0, 0.1) is 6.92 Å². The molecule has 0 atom stereocenters. The molecule has 1 rings (SSSR count). The Morgan fingerprint density at radius 1 is 1.22 bits per heavy atom. The number of para-hydroxylation sites is 1. The van der Waals surface area contributed by atoms with Gasteiger partial charge >= 0.3 is 6.18 Å². The first-order valence-electron chi connectivity index (χ1n) is 7.19. The summed E-state index contributed by atoms with van der Waals surface area (Å²) >= 11 is 0. The summed E-state index contributed by atoms with van der Waals surface area (Å²) in [6, 6.07) is 7.64. The van der Waals surface area contributed by atoms with Gasteiger partial charge in [0, 0.05) is 6.54 Å². The number of benzene rings is 1. The first-order valence-corrected chi connectivity index (χ1v) is 7.19. The Bertz CT molecular complexity index is 481. The minimum absolute atomic E-state index is 0. The number of aryl methyl sites for hydroxylation is 1. The Kier molecular flexibility index (Phi) is 10.8. The van der Waals surface area contributed by atoms with Crippen molar-refractivity contribution in [1.82, 2.24) is 10.6 Å². The van der Waals surface area contributed by atoms with Crippen molar-refractivity contribution >= 4 is 29.9 Å². The largest absolute Gasteiger partial charge is 0.491 e.